The highest BCUT2D eigenvalue weighted by Crippen LogP contribution is 2.53. The molecule has 0 saturated carbocycles. The van der Waals surface area contributed by atoms with Gasteiger partial charge in [0, 0.05) is 16.9 Å². The molecule has 6 nitrogen and oxygen atoms in total. The quantitative estimate of drug-likeness (QED) is 0.547. The monoisotopic (exact) mass is 487 g/mol. The van der Waals surface area contributed by atoms with Crippen molar-refractivity contribution >= 4 is 46.8 Å². The zero-order valence-electron chi connectivity index (χ0n) is 18.3. The predicted molar refractivity (Wildman–Crippen MR) is 130 cm³/mol. The molecule has 3 aliphatic rings. The molecule has 2 fully saturated rings. The van der Waals surface area contributed by atoms with Crippen molar-refractivity contribution < 1.29 is 18.8 Å². The van der Waals surface area contributed by atoms with Crippen LogP contribution in [0.15, 0.2) is 79.0 Å². The molecule has 1 unspecified atom stereocenters. The molecule has 6 rings (SSSR count). The van der Waals surface area contributed by atoms with Crippen molar-refractivity contribution in [3.63, 3.8) is 0 Å². The van der Waals surface area contributed by atoms with E-state index in [0.29, 0.717) is 10.7 Å². The molecule has 35 heavy (non-hydrogen) atoms. The van der Waals surface area contributed by atoms with Gasteiger partial charge in [-0.2, -0.15) is 0 Å². The Morgan fingerprint density at radius 2 is 1.66 bits per heavy atom. The van der Waals surface area contributed by atoms with E-state index in [4.69, 9.17) is 11.6 Å². The van der Waals surface area contributed by atoms with Crippen LogP contribution in [0, 0.1) is 17.7 Å². The van der Waals surface area contributed by atoms with Gasteiger partial charge in [-0.1, -0.05) is 41.9 Å². The van der Waals surface area contributed by atoms with Gasteiger partial charge in [0.1, 0.15) is 11.9 Å². The van der Waals surface area contributed by atoms with Crippen molar-refractivity contribution in [3.8, 4) is 0 Å². The summed E-state index contributed by atoms with van der Waals surface area (Å²) in [7, 11) is 0. The zero-order chi connectivity index (χ0) is 24.3. The fourth-order valence-electron chi connectivity index (χ4n) is 5.48. The van der Waals surface area contributed by atoms with Gasteiger partial charge in [-0.15, -0.1) is 0 Å². The zero-order valence-corrected chi connectivity index (χ0v) is 19.0. The first-order chi connectivity index (χ1) is 16.9. The van der Waals surface area contributed by atoms with E-state index in [-0.39, 0.29) is 5.69 Å². The van der Waals surface area contributed by atoms with Crippen molar-refractivity contribution in [1.82, 2.24) is 4.90 Å². The fraction of sp³-hybridized carbons (Fsp3) is 0.148. The summed E-state index contributed by atoms with van der Waals surface area (Å²) in [5.74, 6) is -3.63. The Hall–Kier alpha value is -3.97. The number of carbonyl (C=O) groups excluding carboxylic acids is 3. The van der Waals surface area contributed by atoms with Crippen LogP contribution in [-0.2, 0) is 14.4 Å². The van der Waals surface area contributed by atoms with Gasteiger partial charge in [0.15, 0.2) is 0 Å². The highest BCUT2D eigenvalue weighted by atomic mass is 35.5. The first kappa shape index (κ1) is 21.6. The number of nitrogens with zero attached hydrogens (tertiary/aromatic N) is 2. The van der Waals surface area contributed by atoms with E-state index in [1.807, 2.05) is 35.2 Å². The number of amides is 3. The van der Waals surface area contributed by atoms with Gasteiger partial charge < -0.3 is 10.2 Å². The molecule has 174 valence electrons. The molecule has 0 radical (unpaired) electrons. The minimum Gasteiger partial charge on any atom is -0.357 e. The molecule has 0 bridgehead atoms. The van der Waals surface area contributed by atoms with Crippen molar-refractivity contribution in [3.05, 3.63) is 101 Å². The van der Waals surface area contributed by atoms with Crippen molar-refractivity contribution in [1.29, 1.82) is 0 Å². The van der Waals surface area contributed by atoms with Gasteiger partial charge in [-0.25, -0.2) is 9.29 Å². The SMILES string of the molecule is O=C(Nc1ccc(Cl)cc1)[C@@H]1[C@@H]2C(=O)N(c3cccc(F)c3)C(=O)[C@@H]2C2c3ccccc3C=CN21. The number of halogens is 2. The maximum atomic E-state index is 14.0. The molecule has 4 atom stereocenters. The summed E-state index contributed by atoms with van der Waals surface area (Å²) in [6, 6.07) is 18.2. The number of carbonyl (C=O) groups is 3. The summed E-state index contributed by atoms with van der Waals surface area (Å²) in [6.07, 6.45) is 3.67. The minimum atomic E-state index is -0.932. The van der Waals surface area contributed by atoms with E-state index in [1.165, 1.54) is 18.2 Å². The molecular weight excluding hydrogens is 469 g/mol. The average Bonchev–Trinajstić information content (AvgIpc) is 3.33. The highest BCUT2D eigenvalue weighted by Gasteiger charge is 2.64. The Morgan fingerprint density at radius 1 is 0.914 bits per heavy atom. The average molecular weight is 488 g/mol. The normalized spacial score (nSPS) is 24.3. The molecule has 8 heteroatoms. The maximum absolute atomic E-state index is 14.0. The molecule has 0 aromatic heterocycles. The highest BCUT2D eigenvalue weighted by molar-refractivity contribution is 6.30. The van der Waals surface area contributed by atoms with Crippen LogP contribution in [0.5, 0.6) is 0 Å². The van der Waals surface area contributed by atoms with Crippen LogP contribution in [0.2, 0.25) is 5.02 Å². The third kappa shape index (κ3) is 3.34. The Balaban J connectivity index is 1.44. The number of fused-ring (bicyclic) bond motifs is 5. The smallest absolute Gasteiger partial charge is 0.247 e. The molecule has 3 heterocycles. The maximum Gasteiger partial charge on any atom is 0.247 e. The molecular formula is C27H19ClFN3O3. The first-order valence-electron chi connectivity index (χ1n) is 11.2. The second kappa shape index (κ2) is 8.06. The van der Waals surface area contributed by atoms with Crippen molar-refractivity contribution in [2.24, 2.45) is 11.8 Å². The van der Waals surface area contributed by atoms with Gasteiger partial charge in [0.25, 0.3) is 0 Å². The van der Waals surface area contributed by atoms with Crippen LogP contribution in [0.1, 0.15) is 17.2 Å². The molecule has 2 saturated heterocycles. The standard InChI is InChI=1S/C27H19ClFN3O3/c28-16-8-10-18(11-9-16)30-25(33)24-22-21(23-20-7-2-1-4-15(20)12-13-31(23)24)26(34)32(27(22)35)19-6-3-5-17(29)14-19/h1-14,21-24H,(H,30,33)/t21-,22+,23?,24-/m0/s1. The summed E-state index contributed by atoms with van der Waals surface area (Å²) in [6.45, 7) is 0. The summed E-state index contributed by atoms with van der Waals surface area (Å²) in [4.78, 5) is 43.9. The Morgan fingerprint density at radius 3 is 2.43 bits per heavy atom. The number of anilines is 2. The number of hydrogen-bond donors (Lipinski definition) is 1. The van der Waals surface area contributed by atoms with Gasteiger partial charge in [-0.05, 0) is 59.7 Å². The second-order valence-electron chi connectivity index (χ2n) is 8.82. The van der Waals surface area contributed by atoms with E-state index >= 15 is 0 Å². The van der Waals surface area contributed by atoms with Crippen molar-refractivity contribution in [2.45, 2.75) is 12.1 Å². The van der Waals surface area contributed by atoms with Crippen LogP contribution in [0.3, 0.4) is 0 Å². The summed E-state index contributed by atoms with van der Waals surface area (Å²) < 4.78 is 14.0. The van der Waals surface area contributed by atoms with Gasteiger partial charge in [0.05, 0.1) is 23.6 Å². The summed E-state index contributed by atoms with van der Waals surface area (Å²) in [5.41, 5.74) is 2.49. The lowest BCUT2D eigenvalue weighted by molar-refractivity contribution is -0.128. The Labute approximate surface area is 205 Å². The molecule has 3 amide bonds. The van der Waals surface area contributed by atoms with Crippen LogP contribution >= 0.6 is 11.6 Å². The Kier molecular flexibility index (Phi) is 4.96. The van der Waals surface area contributed by atoms with Crippen LogP contribution in [0.4, 0.5) is 15.8 Å². The van der Waals surface area contributed by atoms with Gasteiger partial charge in [0.2, 0.25) is 17.7 Å². The molecule has 3 aromatic rings. The van der Waals surface area contributed by atoms with Gasteiger partial charge in [-0.3, -0.25) is 14.4 Å². The van der Waals surface area contributed by atoms with E-state index in [9.17, 15) is 18.8 Å². The van der Waals surface area contributed by atoms with Crippen molar-refractivity contribution in [2.75, 3.05) is 10.2 Å². The van der Waals surface area contributed by atoms with Crippen LogP contribution < -0.4 is 10.2 Å². The molecule has 3 aromatic carbocycles. The summed E-state index contributed by atoms with van der Waals surface area (Å²) >= 11 is 5.96. The number of imide groups is 1. The number of rotatable bonds is 3. The largest absolute Gasteiger partial charge is 0.357 e. The lowest BCUT2D eigenvalue weighted by Crippen LogP contribution is -2.46. The third-order valence-electron chi connectivity index (χ3n) is 6.91. The van der Waals surface area contributed by atoms with E-state index < -0.39 is 47.5 Å². The minimum absolute atomic E-state index is 0.164. The second-order valence-corrected chi connectivity index (χ2v) is 9.26. The van der Waals surface area contributed by atoms with Crippen LogP contribution in [-0.4, -0.2) is 28.7 Å². The topological polar surface area (TPSA) is 69.7 Å². The number of nitrogens with one attached hydrogen (secondary N) is 1. The molecule has 0 spiro atoms. The molecule has 3 aliphatic heterocycles. The van der Waals surface area contributed by atoms with E-state index in [1.54, 1.807) is 30.5 Å². The number of benzene rings is 3. The lowest BCUT2D eigenvalue weighted by atomic mass is 9.84. The van der Waals surface area contributed by atoms with Crippen LogP contribution in [0.25, 0.3) is 6.08 Å². The number of hydrogen-bond acceptors (Lipinski definition) is 4. The fourth-order valence-corrected chi connectivity index (χ4v) is 5.60. The summed E-state index contributed by atoms with van der Waals surface area (Å²) in [5, 5.41) is 3.39. The Bertz CT molecular complexity index is 1410. The van der Waals surface area contributed by atoms with E-state index in [2.05, 4.69) is 5.32 Å². The van der Waals surface area contributed by atoms with Gasteiger partial charge >= 0.3 is 0 Å². The molecule has 1 N–H and O–H groups in total. The predicted octanol–water partition coefficient (Wildman–Crippen LogP) is 4.63. The molecule has 0 aliphatic carbocycles. The third-order valence-corrected chi connectivity index (χ3v) is 7.16. The first-order valence-corrected chi connectivity index (χ1v) is 11.6. The van der Waals surface area contributed by atoms with E-state index in [0.717, 1.165) is 22.1 Å². The lowest BCUT2D eigenvalue weighted by Gasteiger charge is -2.35.